The van der Waals surface area contributed by atoms with Crippen LogP contribution in [-0.2, 0) is 5.54 Å². The highest BCUT2D eigenvalue weighted by Gasteiger charge is 2.41. The summed E-state index contributed by atoms with van der Waals surface area (Å²) in [5, 5.41) is 6.33. The third kappa shape index (κ3) is 2.97. The highest BCUT2D eigenvalue weighted by Crippen LogP contribution is 2.42. The maximum atomic E-state index is 12.4. The second-order valence-corrected chi connectivity index (χ2v) is 7.41. The number of benzene rings is 1. The smallest absolute Gasteiger partial charge is 0.315 e. The van der Waals surface area contributed by atoms with Crippen molar-refractivity contribution in [2.75, 3.05) is 20.2 Å². The normalized spacial score (nSPS) is 25.3. The van der Waals surface area contributed by atoms with E-state index in [1.807, 2.05) is 18.2 Å². The first-order valence-corrected chi connectivity index (χ1v) is 9.16. The minimum absolute atomic E-state index is 0.0415. The molecule has 1 atom stereocenters. The zero-order valence-electron chi connectivity index (χ0n) is 14.4. The first kappa shape index (κ1) is 15.8. The standard InChI is InChI=1S/C19H27N3O2/c1-24-17-5-2-4-14(12-17)19(9-3-10-19)21-18(23)20-13-16-8-11-22(16)15-6-7-15/h2,4-5,12,15-16H,3,6-11,13H2,1H3,(H2,20,21,23). The van der Waals surface area contributed by atoms with Crippen molar-refractivity contribution in [3.63, 3.8) is 0 Å². The van der Waals surface area contributed by atoms with Crippen LogP contribution in [0.5, 0.6) is 5.75 Å². The van der Waals surface area contributed by atoms with E-state index < -0.39 is 0 Å². The van der Waals surface area contributed by atoms with Crippen LogP contribution in [0.2, 0.25) is 0 Å². The monoisotopic (exact) mass is 329 g/mol. The fraction of sp³-hybridized carbons (Fsp3) is 0.632. The molecule has 24 heavy (non-hydrogen) atoms. The number of carbonyl (C=O) groups is 1. The first-order valence-electron chi connectivity index (χ1n) is 9.16. The molecule has 130 valence electrons. The van der Waals surface area contributed by atoms with Crippen molar-refractivity contribution in [2.45, 2.75) is 56.1 Å². The van der Waals surface area contributed by atoms with Crippen LogP contribution < -0.4 is 15.4 Å². The zero-order valence-corrected chi connectivity index (χ0v) is 14.4. The fourth-order valence-electron chi connectivity index (χ4n) is 3.98. The van der Waals surface area contributed by atoms with Crippen molar-refractivity contribution in [3.8, 4) is 5.75 Å². The van der Waals surface area contributed by atoms with Crippen LogP contribution in [0.3, 0.4) is 0 Å². The van der Waals surface area contributed by atoms with Gasteiger partial charge in [-0.15, -0.1) is 0 Å². The molecular weight excluding hydrogens is 302 g/mol. The van der Waals surface area contributed by atoms with Gasteiger partial charge in [-0.1, -0.05) is 12.1 Å². The van der Waals surface area contributed by atoms with Gasteiger partial charge in [-0.2, -0.15) is 0 Å². The highest BCUT2D eigenvalue weighted by molar-refractivity contribution is 5.75. The van der Waals surface area contributed by atoms with Gasteiger partial charge in [-0.05, 0) is 56.2 Å². The summed E-state index contributed by atoms with van der Waals surface area (Å²) < 4.78 is 5.33. The molecule has 2 amide bonds. The zero-order chi connectivity index (χ0) is 16.6. The van der Waals surface area contributed by atoms with Crippen LogP contribution in [0.15, 0.2) is 24.3 Å². The van der Waals surface area contributed by atoms with Gasteiger partial charge >= 0.3 is 6.03 Å². The number of likely N-dealkylation sites (tertiary alicyclic amines) is 1. The van der Waals surface area contributed by atoms with Gasteiger partial charge in [0.25, 0.3) is 0 Å². The number of urea groups is 1. The summed E-state index contributed by atoms with van der Waals surface area (Å²) in [6.45, 7) is 1.96. The molecule has 3 aliphatic rings. The Morgan fingerprint density at radius 2 is 2.17 bits per heavy atom. The SMILES string of the molecule is COc1cccc(C2(NC(=O)NCC3CCN3C3CC3)CCC2)c1. The molecule has 0 radical (unpaired) electrons. The highest BCUT2D eigenvalue weighted by atomic mass is 16.5. The lowest BCUT2D eigenvalue weighted by Crippen LogP contribution is -2.58. The predicted molar refractivity (Wildman–Crippen MR) is 93.2 cm³/mol. The molecule has 0 bridgehead atoms. The second-order valence-electron chi connectivity index (χ2n) is 7.41. The van der Waals surface area contributed by atoms with Crippen LogP contribution in [0.1, 0.15) is 44.1 Å². The first-order chi connectivity index (χ1) is 11.7. The molecule has 2 aliphatic carbocycles. The molecule has 1 unspecified atom stereocenters. The third-order valence-corrected chi connectivity index (χ3v) is 5.89. The number of nitrogens with zero attached hydrogens (tertiary/aromatic N) is 1. The number of rotatable bonds is 6. The summed E-state index contributed by atoms with van der Waals surface area (Å²) in [5.41, 5.74) is 0.917. The van der Waals surface area contributed by atoms with Crippen LogP contribution in [0.4, 0.5) is 4.79 Å². The Bertz CT molecular complexity index is 610. The molecule has 4 rings (SSSR count). The van der Waals surface area contributed by atoms with E-state index >= 15 is 0 Å². The van der Waals surface area contributed by atoms with Crippen LogP contribution >= 0.6 is 0 Å². The minimum atomic E-state index is -0.228. The lowest BCUT2D eigenvalue weighted by molar-refractivity contribution is 0.0813. The summed E-state index contributed by atoms with van der Waals surface area (Å²) in [6.07, 6.45) is 7.01. The lowest BCUT2D eigenvalue weighted by Gasteiger charge is -2.44. The van der Waals surface area contributed by atoms with Crippen molar-refractivity contribution >= 4 is 6.03 Å². The Morgan fingerprint density at radius 3 is 2.75 bits per heavy atom. The molecule has 0 spiro atoms. The molecule has 5 heteroatoms. The van der Waals surface area contributed by atoms with Gasteiger partial charge in [0.2, 0.25) is 0 Å². The van der Waals surface area contributed by atoms with Crippen molar-refractivity contribution in [1.82, 2.24) is 15.5 Å². The number of hydrogen-bond acceptors (Lipinski definition) is 3. The Morgan fingerprint density at radius 1 is 1.33 bits per heavy atom. The molecule has 1 aliphatic heterocycles. The number of hydrogen-bond donors (Lipinski definition) is 2. The molecule has 1 aromatic carbocycles. The molecule has 0 aromatic heterocycles. The summed E-state index contributed by atoms with van der Waals surface area (Å²) in [4.78, 5) is 15.0. The molecule has 2 saturated carbocycles. The Kier molecular flexibility index (Phi) is 4.12. The van der Waals surface area contributed by atoms with Crippen LogP contribution in [0, 0.1) is 0 Å². The van der Waals surface area contributed by atoms with E-state index in [2.05, 4.69) is 21.6 Å². The van der Waals surface area contributed by atoms with Gasteiger partial charge < -0.3 is 15.4 Å². The van der Waals surface area contributed by atoms with Crippen LogP contribution in [-0.4, -0.2) is 43.2 Å². The number of amides is 2. The van der Waals surface area contributed by atoms with Gasteiger partial charge in [0.1, 0.15) is 5.75 Å². The number of carbonyl (C=O) groups excluding carboxylic acids is 1. The second kappa shape index (κ2) is 6.28. The lowest BCUT2D eigenvalue weighted by atomic mass is 9.72. The molecule has 5 nitrogen and oxygen atoms in total. The summed E-state index contributed by atoms with van der Waals surface area (Å²) in [6, 6.07) is 9.36. The van der Waals surface area contributed by atoms with E-state index in [4.69, 9.17) is 4.74 Å². The van der Waals surface area contributed by atoms with E-state index in [0.717, 1.165) is 43.2 Å². The maximum absolute atomic E-state index is 12.4. The van der Waals surface area contributed by atoms with Gasteiger partial charge in [-0.3, -0.25) is 4.90 Å². The number of methoxy groups -OCH3 is 1. The quantitative estimate of drug-likeness (QED) is 0.843. The Labute approximate surface area is 143 Å². The van der Waals surface area contributed by atoms with Gasteiger partial charge in [0, 0.05) is 25.2 Å². The predicted octanol–water partition coefficient (Wildman–Crippen LogP) is 2.61. The molecule has 1 aromatic rings. The van der Waals surface area contributed by atoms with E-state index in [1.165, 1.54) is 25.8 Å². The van der Waals surface area contributed by atoms with Gasteiger partial charge in [0.15, 0.2) is 0 Å². The molecule has 2 N–H and O–H groups in total. The van der Waals surface area contributed by atoms with Crippen molar-refractivity contribution in [3.05, 3.63) is 29.8 Å². The molecular formula is C19H27N3O2. The van der Waals surface area contributed by atoms with Gasteiger partial charge in [-0.25, -0.2) is 4.79 Å². The summed E-state index contributed by atoms with van der Waals surface area (Å²) in [5.74, 6) is 0.843. The largest absolute Gasteiger partial charge is 0.497 e. The number of ether oxygens (including phenoxy) is 1. The third-order valence-electron chi connectivity index (χ3n) is 5.89. The van der Waals surface area contributed by atoms with E-state index in [1.54, 1.807) is 7.11 Å². The Balaban J connectivity index is 1.34. The molecule has 1 saturated heterocycles. The van der Waals surface area contributed by atoms with Crippen molar-refractivity contribution < 1.29 is 9.53 Å². The summed E-state index contributed by atoms with van der Waals surface area (Å²) >= 11 is 0. The van der Waals surface area contributed by atoms with Crippen LogP contribution in [0.25, 0.3) is 0 Å². The van der Waals surface area contributed by atoms with Gasteiger partial charge in [0.05, 0.1) is 12.6 Å². The average molecular weight is 329 g/mol. The minimum Gasteiger partial charge on any atom is -0.497 e. The maximum Gasteiger partial charge on any atom is 0.315 e. The molecule has 3 fully saturated rings. The summed E-state index contributed by atoms with van der Waals surface area (Å²) in [7, 11) is 1.68. The molecule has 1 heterocycles. The van der Waals surface area contributed by atoms with E-state index in [9.17, 15) is 4.79 Å². The van der Waals surface area contributed by atoms with Crippen molar-refractivity contribution in [2.24, 2.45) is 0 Å². The topological polar surface area (TPSA) is 53.6 Å². The van der Waals surface area contributed by atoms with E-state index in [0.29, 0.717) is 6.04 Å². The Hall–Kier alpha value is -1.75. The van der Waals surface area contributed by atoms with E-state index in [-0.39, 0.29) is 11.6 Å². The fourth-order valence-corrected chi connectivity index (χ4v) is 3.98. The number of nitrogens with one attached hydrogen (secondary N) is 2. The van der Waals surface area contributed by atoms with Crippen molar-refractivity contribution in [1.29, 1.82) is 0 Å². The average Bonchev–Trinajstić information content (AvgIpc) is 3.34.